The Morgan fingerprint density at radius 2 is 2.11 bits per heavy atom. The van der Waals surface area contributed by atoms with Crippen LogP contribution in [0.1, 0.15) is 17.6 Å². The molecule has 0 spiro atoms. The van der Waals surface area contributed by atoms with Gasteiger partial charge in [-0.15, -0.1) is 21.5 Å². The van der Waals surface area contributed by atoms with Crippen LogP contribution in [-0.4, -0.2) is 25.9 Å². The molecule has 0 radical (unpaired) electrons. The van der Waals surface area contributed by atoms with Crippen molar-refractivity contribution in [3.8, 4) is 5.75 Å². The van der Waals surface area contributed by atoms with E-state index in [0.29, 0.717) is 28.3 Å². The summed E-state index contributed by atoms with van der Waals surface area (Å²) < 4.78 is 7.54. The third-order valence-corrected chi connectivity index (χ3v) is 6.04. The molecular weight excluding hydrogens is 404 g/mol. The standard InChI is InChI=1S/C18H19ClN4O2S2/c1-12(17(24)20-10-15-4-3-9-26-15)27-18-22-21-16(23(18)2)11-25-14-7-5-13(19)6-8-14/h3-9,12H,10-11H2,1-2H3,(H,20,24)/t12-/m0/s1. The lowest BCUT2D eigenvalue weighted by atomic mass is 10.3. The molecule has 2 aromatic heterocycles. The summed E-state index contributed by atoms with van der Waals surface area (Å²) in [6.07, 6.45) is 0. The average Bonchev–Trinajstić information content (AvgIpc) is 3.30. The van der Waals surface area contributed by atoms with Crippen LogP contribution in [0.15, 0.2) is 46.9 Å². The van der Waals surface area contributed by atoms with Crippen molar-refractivity contribution < 1.29 is 9.53 Å². The number of rotatable bonds is 8. The number of hydrogen-bond acceptors (Lipinski definition) is 6. The zero-order chi connectivity index (χ0) is 19.2. The molecule has 1 N–H and O–H groups in total. The van der Waals surface area contributed by atoms with E-state index in [0.717, 1.165) is 4.88 Å². The number of carbonyl (C=O) groups excluding carboxylic acids is 1. The molecule has 9 heteroatoms. The third-order valence-electron chi connectivity index (χ3n) is 3.78. The minimum absolute atomic E-state index is 0.0321. The van der Waals surface area contributed by atoms with Gasteiger partial charge in [0, 0.05) is 16.9 Å². The van der Waals surface area contributed by atoms with Gasteiger partial charge in [0.1, 0.15) is 12.4 Å². The first-order chi connectivity index (χ1) is 13.0. The van der Waals surface area contributed by atoms with Crippen molar-refractivity contribution in [2.75, 3.05) is 0 Å². The molecule has 0 aliphatic heterocycles. The lowest BCUT2D eigenvalue weighted by molar-refractivity contribution is -0.120. The number of nitrogens with one attached hydrogen (secondary N) is 1. The van der Waals surface area contributed by atoms with Crippen LogP contribution in [0.25, 0.3) is 0 Å². The molecule has 3 rings (SSSR count). The van der Waals surface area contributed by atoms with Gasteiger partial charge in [-0.1, -0.05) is 29.4 Å². The van der Waals surface area contributed by atoms with E-state index < -0.39 is 0 Å². The number of hydrogen-bond donors (Lipinski definition) is 1. The van der Waals surface area contributed by atoms with E-state index in [9.17, 15) is 4.79 Å². The molecule has 3 aromatic rings. The van der Waals surface area contributed by atoms with E-state index in [1.165, 1.54) is 11.8 Å². The lowest BCUT2D eigenvalue weighted by Gasteiger charge is -2.11. The fourth-order valence-corrected chi connectivity index (χ4v) is 3.82. The van der Waals surface area contributed by atoms with E-state index >= 15 is 0 Å². The molecule has 27 heavy (non-hydrogen) atoms. The minimum Gasteiger partial charge on any atom is -0.486 e. The molecule has 1 atom stereocenters. The summed E-state index contributed by atoms with van der Waals surface area (Å²) in [5, 5.41) is 14.3. The van der Waals surface area contributed by atoms with Gasteiger partial charge in [-0.2, -0.15) is 0 Å². The highest BCUT2D eigenvalue weighted by molar-refractivity contribution is 8.00. The van der Waals surface area contributed by atoms with Gasteiger partial charge in [0.2, 0.25) is 5.91 Å². The van der Waals surface area contributed by atoms with E-state index in [4.69, 9.17) is 16.3 Å². The smallest absolute Gasteiger partial charge is 0.233 e. The SMILES string of the molecule is C[C@H](Sc1nnc(COc2ccc(Cl)cc2)n1C)C(=O)NCc1cccs1. The van der Waals surface area contributed by atoms with Crippen molar-refractivity contribution in [3.63, 3.8) is 0 Å². The van der Waals surface area contributed by atoms with Gasteiger partial charge in [0.15, 0.2) is 11.0 Å². The number of nitrogens with zero attached hydrogens (tertiary/aromatic N) is 3. The van der Waals surface area contributed by atoms with Gasteiger partial charge in [-0.25, -0.2) is 0 Å². The van der Waals surface area contributed by atoms with Crippen molar-refractivity contribution in [1.82, 2.24) is 20.1 Å². The first-order valence-corrected chi connectivity index (χ1v) is 10.4. The van der Waals surface area contributed by atoms with Crippen molar-refractivity contribution in [1.29, 1.82) is 0 Å². The second-order valence-electron chi connectivity index (χ2n) is 5.76. The van der Waals surface area contributed by atoms with Crippen LogP contribution in [0.2, 0.25) is 5.02 Å². The predicted octanol–water partition coefficient (Wildman–Crippen LogP) is 3.91. The number of ether oxygens (including phenoxy) is 1. The summed E-state index contributed by atoms with van der Waals surface area (Å²) >= 11 is 8.86. The molecule has 0 aliphatic carbocycles. The molecule has 0 bridgehead atoms. The Kier molecular flexibility index (Phi) is 6.76. The minimum atomic E-state index is -0.280. The molecule has 0 unspecified atom stereocenters. The Labute approximate surface area is 170 Å². The first kappa shape index (κ1) is 19.7. The Balaban J connectivity index is 1.52. The second-order valence-corrected chi connectivity index (χ2v) is 8.53. The summed E-state index contributed by atoms with van der Waals surface area (Å²) in [5.74, 6) is 1.35. The third kappa shape index (κ3) is 5.47. The van der Waals surface area contributed by atoms with Crippen molar-refractivity contribution in [2.24, 2.45) is 7.05 Å². The molecular formula is C18H19ClN4O2S2. The fourth-order valence-electron chi connectivity index (χ4n) is 2.19. The summed E-state index contributed by atoms with van der Waals surface area (Å²) in [7, 11) is 1.86. The number of benzene rings is 1. The maximum Gasteiger partial charge on any atom is 0.233 e. The normalized spacial score (nSPS) is 12.0. The first-order valence-electron chi connectivity index (χ1n) is 8.26. The van der Waals surface area contributed by atoms with Gasteiger partial charge in [0.05, 0.1) is 11.8 Å². The van der Waals surface area contributed by atoms with Crippen molar-refractivity contribution in [2.45, 2.75) is 30.5 Å². The van der Waals surface area contributed by atoms with E-state index in [-0.39, 0.29) is 17.8 Å². The molecule has 1 amide bonds. The van der Waals surface area contributed by atoms with Gasteiger partial charge in [0.25, 0.3) is 0 Å². The predicted molar refractivity (Wildman–Crippen MR) is 108 cm³/mol. The summed E-state index contributed by atoms with van der Waals surface area (Å²) in [6.45, 7) is 2.68. The number of thiophene rings is 1. The number of thioether (sulfide) groups is 1. The van der Waals surface area contributed by atoms with Crippen LogP contribution in [0.4, 0.5) is 0 Å². The molecule has 6 nitrogen and oxygen atoms in total. The molecule has 0 saturated heterocycles. The summed E-state index contributed by atoms with van der Waals surface area (Å²) in [5.41, 5.74) is 0. The van der Waals surface area contributed by atoms with Gasteiger partial charge in [-0.3, -0.25) is 4.79 Å². The largest absolute Gasteiger partial charge is 0.486 e. The van der Waals surface area contributed by atoms with Crippen molar-refractivity contribution >= 4 is 40.6 Å². The van der Waals surface area contributed by atoms with E-state index in [1.807, 2.05) is 36.1 Å². The van der Waals surface area contributed by atoms with Gasteiger partial charge in [-0.05, 0) is 42.6 Å². The Morgan fingerprint density at radius 3 is 2.81 bits per heavy atom. The zero-order valence-electron chi connectivity index (χ0n) is 14.9. The zero-order valence-corrected chi connectivity index (χ0v) is 17.3. The highest BCUT2D eigenvalue weighted by Gasteiger charge is 2.19. The maximum atomic E-state index is 12.3. The van der Waals surface area contributed by atoms with Crippen LogP contribution in [0, 0.1) is 0 Å². The summed E-state index contributed by atoms with van der Waals surface area (Å²) in [4.78, 5) is 13.4. The molecule has 142 valence electrons. The number of aromatic nitrogens is 3. The lowest BCUT2D eigenvalue weighted by Crippen LogP contribution is -2.30. The van der Waals surface area contributed by atoms with Gasteiger partial charge >= 0.3 is 0 Å². The molecule has 0 saturated carbocycles. The van der Waals surface area contributed by atoms with Crippen molar-refractivity contribution in [3.05, 3.63) is 57.5 Å². The van der Waals surface area contributed by atoms with Crippen LogP contribution in [0.3, 0.4) is 0 Å². The Hall–Kier alpha value is -2.03. The average molecular weight is 423 g/mol. The van der Waals surface area contributed by atoms with Crippen LogP contribution < -0.4 is 10.1 Å². The molecule has 2 heterocycles. The second kappa shape index (κ2) is 9.25. The fraction of sp³-hybridized carbons (Fsp3) is 0.278. The van der Waals surface area contributed by atoms with E-state index in [2.05, 4.69) is 15.5 Å². The molecule has 0 fully saturated rings. The Morgan fingerprint density at radius 1 is 1.33 bits per heavy atom. The van der Waals surface area contributed by atoms with Crippen LogP contribution in [0.5, 0.6) is 5.75 Å². The summed E-state index contributed by atoms with van der Waals surface area (Å²) in [6, 6.07) is 11.1. The van der Waals surface area contributed by atoms with Crippen LogP contribution in [-0.2, 0) is 25.0 Å². The Bertz CT molecular complexity index is 881. The highest BCUT2D eigenvalue weighted by atomic mass is 35.5. The van der Waals surface area contributed by atoms with Gasteiger partial charge < -0.3 is 14.6 Å². The number of amides is 1. The topological polar surface area (TPSA) is 69.0 Å². The maximum absolute atomic E-state index is 12.3. The van der Waals surface area contributed by atoms with Crippen LogP contribution >= 0.6 is 34.7 Å². The molecule has 1 aromatic carbocycles. The number of halogens is 1. The monoisotopic (exact) mass is 422 g/mol. The number of carbonyl (C=O) groups is 1. The highest BCUT2D eigenvalue weighted by Crippen LogP contribution is 2.22. The van der Waals surface area contributed by atoms with E-state index in [1.54, 1.807) is 35.6 Å². The quantitative estimate of drug-likeness (QED) is 0.557. The molecule has 0 aliphatic rings.